The van der Waals surface area contributed by atoms with Crippen molar-refractivity contribution in [3.8, 4) is 11.1 Å². The van der Waals surface area contributed by atoms with Gasteiger partial charge in [-0.05, 0) is 47.2 Å². The number of hydrogen-bond acceptors (Lipinski definition) is 4. The molecule has 7 heteroatoms. The van der Waals surface area contributed by atoms with Crippen LogP contribution in [0.25, 0.3) is 21.9 Å². The summed E-state index contributed by atoms with van der Waals surface area (Å²) in [4.78, 5) is 19.9. The molecule has 0 spiro atoms. The van der Waals surface area contributed by atoms with Gasteiger partial charge in [0.2, 0.25) is 0 Å². The molecular weight excluding hydrogens is 484 g/mol. The van der Waals surface area contributed by atoms with Crippen LogP contribution in [0.2, 0.25) is 5.02 Å². The number of nitrogens with one attached hydrogen (secondary N) is 2. The molecule has 1 aliphatic heterocycles. The lowest BCUT2D eigenvalue weighted by Crippen LogP contribution is -2.35. The van der Waals surface area contributed by atoms with Crippen molar-refractivity contribution in [1.29, 1.82) is 0 Å². The van der Waals surface area contributed by atoms with E-state index >= 15 is 0 Å². The molecule has 2 fully saturated rings. The summed E-state index contributed by atoms with van der Waals surface area (Å²) in [7, 11) is 0. The topological polar surface area (TPSA) is 66.5 Å². The van der Waals surface area contributed by atoms with Gasteiger partial charge >= 0.3 is 6.03 Å². The van der Waals surface area contributed by atoms with Crippen LogP contribution in [0.4, 0.5) is 10.5 Å². The number of urea groups is 1. The van der Waals surface area contributed by atoms with Crippen molar-refractivity contribution in [2.45, 2.75) is 24.9 Å². The average Bonchev–Trinajstić information content (AvgIpc) is 3.69. The fraction of sp³-hybridized carbons (Fsp3) is 0.267. The minimum absolute atomic E-state index is 0.117. The first-order valence-electron chi connectivity index (χ1n) is 12.7. The summed E-state index contributed by atoms with van der Waals surface area (Å²) in [6.45, 7) is 4.29. The van der Waals surface area contributed by atoms with Crippen LogP contribution in [0.1, 0.15) is 23.6 Å². The molecule has 188 valence electrons. The zero-order valence-corrected chi connectivity index (χ0v) is 21.2. The van der Waals surface area contributed by atoms with Crippen molar-refractivity contribution in [2.75, 3.05) is 31.6 Å². The number of morpholine rings is 1. The smallest absolute Gasteiger partial charge is 0.319 e. The number of nitrogens with zero attached hydrogens (tertiary/aromatic N) is 2. The van der Waals surface area contributed by atoms with Gasteiger partial charge in [0.1, 0.15) is 0 Å². The van der Waals surface area contributed by atoms with Gasteiger partial charge in [0.05, 0.1) is 24.6 Å². The Kier molecular flexibility index (Phi) is 6.79. The molecule has 1 aromatic heterocycles. The van der Waals surface area contributed by atoms with E-state index in [1.165, 1.54) is 0 Å². The molecular formula is C30H29ClN4O2. The number of pyridine rings is 1. The van der Waals surface area contributed by atoms with Gasteiger partial charge in [0.25, 0.3) is 0 Å². The molecule has 6 rings (SSSR count). The lowest BCUT2D eigenvalue weighted by molar-refractivity contribution is 0.0336. The van der Waals surface area contributed by atoms with Gasteiger partial charge in [0.15, 0.2) is 0 Å². The van der Waals surface area contributed by atoms with Crippen LogP contribution in [0.3, 0.4) is 0 Å². The molecule has 2 amide bonds. The number of fused-ring (bicyclic) bond motifs is 1. The number of aromatic nitrogens is 1. The van der Waals surface area contributed by atoms with Crippen LogP contribution in [0.15, 0.2) is 79.0 Å². The lowest BCUT2D eigenvalue weighted by atomic mass is 9.98. The summed E-state index contributed by atoms with van der Waals surface area (Å²) < 4.78 is 5.44. The van der Waals surface area contributed by atoms with Crippen LogP contribution in [-0.2, 0) is 11.3 Å². The maximum Gasteiger partial charge on any atom is 0.319 e. The van der Waals surface area contributed by atoms with Crippen molar-refractivity contribution >= 4 is 34.1 Å². The number of ether oxygens (including phenoxy) is 1. The molecule has 2 unspecified atom stereocenters. The van der Waals surface area contributed by atoms with Crippen LogP contribution >= 0.6 is 11.6 Å². The van der Waals surface area contributed by atoms with E-state index in [9.17, 15) is 4.79 Å². The van der Waals surface area contributed by atoms with Crippen molar-refractivity contribution in [1.82, 2.24) is 15.2 Å². The van der Waals surface area contributed by atoms with Crippen LogP contribution in [0.5, 0.6) is 0 Å². The first kappa shape index (κ1) is 23.9. The number of anilines is 1. The normalized spacial score (nSPS) is 19.5. The third-order valence-electron chi connectivity index (χ3n) is 7.18. The Morgan fingerprint density at radius 1 is 1.00 bits per heavy atom. The molecule has 2 atom stereocenters. The Balaban J connectivity index is 1.16. The second-order valence-corrected chi connectivity index (χ2v) is 10.2. The zero-order valence-electron chi connectivity index (χ0n) is 20.5. The summed E-state index contributed by atoms with van der Waals surface area (Å²) in [6, 6.07) is 24.2. The van der Waals surface area contributed by atoms with Crippen LogP contribution in [0, 0.1) is 0 Å². The quantitative estimate of drug-likeness (QED) is 0.329. The van der Waals surface area contributed by atoms with Gasteiger partial charge in [0, 0.05) is 53.8 Å². The third kappa shape index (κ3) is 5.47. The Labute approximate surface area is 221 Å². The summed E-state index contributed by atoms with van der Waals surface area (Å²) in [5, 5.41) is 8.97. The first-order valence-corrected chi connectivity index (χ1v) is 13.1. The Bertz CT molecular complexity index is 1420. The van der Waals surface area contributed by atoms with Gasteiger partial charge in [-0.25, -0.2) is 4.79 Å². The SMILES string of the molecule is O=C(Nc1ccc(-c2ccc(CN3CCOCC3)nc2)c2ccccc12)NC1CC1c1cccc(Cl)c1. The minimum Gasteiger partial charge on any atom is -0.379 e. The maximum atomic E-state index is 12.8. The number of hydrogen-bond donors (Lipinski definition) is 2. The number of rotatable bonds is 6. The molecule has 1 saturated carbocycles. The van der Waals surface area contributed by atoms with E-state index in [1.54, 1.807) is 0 Å². The average molecular weight is 513 g/mol. The van der Waals surface area contributed by atoms with E-state index in [0.29, 0.717) is 5.92 Å². The van der Waals surface area contributed by atoms with Crippen molar-refractivity contribution in [2.24, 2.45) is 0 Å². The summed E-state index contributed by atoms with van der Waals surface area (Å²) in [6.07, 6.45) is 2.86. The minimum atomic E-state index is -0.193. The fourth-order valence-electron chi connectivity index (χ4n) is 5.11. The lowest BCUT2D eigenvalue weighted by Gasteiger charge is -2.26. The number of carbonyl (C=O) groups excluding carboxylic acids is 1. The monoisotopic (exact) mass is 512 g/mol. The Morgan fingerprint density at radius 2 is 1.84 bits per heavy atom. The molecule has 2 aliphatic rings. The predicted molar refractivity (Wildman–Crippen MR) is 148 cm³/mol. The van der Waals surface area contributed by atoms with Gasteiger partial charge in [-0.3, -0.25) is 9.88 Å². The standard InChI is InChI=1S/C30H29ClN4O2/c31-22-5-3-4-20(16-22)27-17-29(27)34-30(36)33-28-11-10-24(25-6-1-2-7-26(25)28)21-8-9-23(32-18-21)19-35-12-14-37-15-13-35/h1-11,16,18,27,29H,12-15,17,19H2,(H2,33,34,36). The second-order valence-electron chi connectivity index (χ2n) is 9.74. The number of benzene rings is 3. The molecule has 1 aliphatic carbocycles. The molecule has 6 nitrogen and oxygen atoms in total. The Morgan fingerprint density at radius 3 is 2.62 bits per heavy atom. The van der Waals surface area contributed by atoms with Gasteiger partial charge in [-0.2, -0.15) is 0 Å². The highest BCUT2D eigenvalue weighted by molar-refractivity contribution is 6.30. The van der Waals surface area contributed by atoms with Crippen molar-refractivity contribution in [3.05, 3.63) is 95.3 Å². The summed E-state index contributed by atoms with van der Waals surface area (Å²) in [5.41, 5.74) is 5.16. The molecule has 4 aromatic rings. The zero-order chi connectivity index (χ0) is 25.2. The molecule has 3 aromatic carbocycles. The number of halogens is 1. The molecule has 2 heterocycles. The first-order chi connectivity index (χ1) is 18.1. The maximum absolute atomic E-state index is 12.8. The van der Waals surface area contributed by atoms with E-state index < -0.39 is 0 Å². The molecule has 37 heavy (non-hydrogen) atoms. The highest BCUT2D eigenvalue weighted by atomic mass is 35.5. The van der Waals surface area contributed by atoms with E-state index in [4.69, 9.17) is 21.3 Å². The number of carbonyl (C=O) groups is 1. The predicted octanol–water partition coefficient (Wildman–Crippen LogP) is 6.07. The van der Waals surface area contributed by atoms with Crippen LogP contribution in [-0.4, -0.2) is 48.3 Å². The summed E-state index contributed by atoms with van der Waals surface area (Å²) in [5.74, 6) is 0.308. The van der Waals surface area contributed by atoms with E-state index in [0.717, 1.165) is 83.1 Å². The molecule has 2 N–H and O–H groups in total. The van der Waals surface area contributed by atoms with E-state index in [1.807, 2.05) is 48.7 Å². The van der Waals surface area contributed by atoms with Gasteiger partial charge in [-0.15, -0.1) is 0 Å². The van der Waals surface area contributed by atoms with E-state index in [2.05, 4.69) is 45.9 Å². The molecule has 0 radical (unpaired) electrons. The molecule has 0 bridgehead atoms. The highest BCUT2D eigenvalue weighted by Gasteiger charge is 2.39. The third-order valence-corrected chi connectivity index (χ3v) is 7.42. The fourth-order valence-corrected chi connectivity index (χ4v) is 5.31. The summed E-state index contributed by atoms with van der Waals surface area (Å²) >= 11 is 6.13. The van der Waals surface area contributed by atoms with Crippen molar-refractivity contribution in [3.63, 3.8) is 0 Å². The van der Waals surface area contributed by atoms with Gasteiger partial charge < -0.3 is 15.4 Å². The highest BCUT2D eigenvalue weighted by Crippen LogP contribution is 2.41. The van der Waals surface area contributed by atoms with Crippen LogP contribution < -0.4 is 10.6 Å². The molecule has 1 saturated heterocycles. The number of amides is 2. The second kappa shape index (κ2) is 10.5. The van der Waals surface area contributed by atoms with E-state index in [-0.39, 0.29) is 12.1 Å². The van der Waals surface area contributed by atoms with Crippen molar-refractivity contribution < 1.29 is 9.53 Å². The Hall–Kier alpha value is -3.45. The van der Waals surface area contributed by atoms with Gasteiger partial charge in [-0.1, -0.05) is 60.1 Å². The largest absolute Gasteiger partial charge is 0.379 e.